The Balaban J connectivity index is 1.43. The van der Waals surface area contributed by atoms with Crippen molar-refractivity contribution in [2.45, 2.75) is 19.4 Å². The van der Waals surface area contributed by atoms with Gasteiger partial charge >= 0.3 is 0 Å². The fourth-order valence-electron chi connectivity index (χ4n) is 4.07. The molecule has 1 saturated heterocycles. The van der Waals surface area contributed by atoms with Crippen molar-refractivity contribution in [2.24, 2.45) is 0 Å². The van der Waals surface area contributed by atoms with Crippen LogP contribution in [0.3, 0.4) is 0 Å². The van der Waals surface area contributed by atoms with Crippen LogP contribution in [-0.2, 0) is 9.59 Å². The van der Waals surface area contributed by atoms with E-state index in [4.69, 9.17) is 0 Å². The smallest absolute Gasteiger partial charge is 0.225 e. The van der Waals surface area contributed by atoms with Crippen LogP contribution in [0.25, 0.3) is 6.08 Å². The number of hydrogen-bond acceptors (Lipinski definition) is 3. The average molecular weight is 393 g/mol. The molecule has 0 aromatic heterocycles. The minimum absolute atomic E-state index is 0.0464. The minimum Gasteiger partial charge on any atom is -0.368 e. The maximum atomic E-state index is 13.1. The first kappa shape index (κ1) is 19.2. The van der Waals surface area contributed by atoms with Crippen LogP contribution >= 0.6 is 0 Å². The molecule has 2 amide bonds. The topological polar surface area (TPSA) is 43.9 Å². The van der Waals surface area contributed by atoms with Crippen molar-refractivity contribution in [3.05, 3.63) is 71.7 Å². The second-order valence-electron chi connectivity index (χ2n) is 7.44. The molecule has 2 heterocycles. The number of fused-ring (bicyclic) bond motifs is 1. The van der Waals surface area contributed by atoms with E-state index in [1.807, 2.05) is 35.2 Å². The lowest BCUT2D eigenvalue weighted by Gasteiger charge is -2.38. The Bertz CT molecular complexity index is 933. The Morgan fingerprint density at radius 3 is 2.38 bits per heavy atom. The van der Waals surface area contributed by atoms with E-state index in [1.54, 1.807) is 23.2 Å². The maximum Gasteiger partial charge on any atom is 0.225 e. The highest BCUT2D eigenvalue weighted by atomic mass is 19.1. The molecule has 0 bridgehead atoms. The van der Waals surface area contributed by atoms with Crippen LogP contribution in [0.15, 0.2) is 54.7 Å². The fraction of sp³-hybridized carbons (Fsp3) is 0.304. The highest BCUT2D eigenvalue weighted by molar-refractivity contribution is 5.82. The first-order valence-corrected chi connectivity index (χ1v) is 9.87. The van der Waals surface area contributed by atoms with Gasteiger partial charge in [-0.25, -0.2) is 4.39 Å². The Labute approximate surface area is 170 Å². The molecule has 29 heavy (non-hydrogen) atoms. The number of anilines is 1. The molecule has 1 fully saturated rings. The Morgan fingerprint density at radius 2 is 1.69 bits per heavy atom. The molecule has 5 nitrogen and oxygen atoms in total. The molecule has 2 aliphatic heterocycles. The van der Waals surface area contributed by atoms with E-state index in [9.17, 15) is 14.0 Å². The number of halogens is 1. The second kappa shape index (κ2) is 8.07. The molecule has 2 aromatic carbocycles. The van der Waals surface area contributed by atoms with Crippen molar-refractivity contribution >= 4 is 23.6 Å². The molecule has 2 aromatic rings. The van der Waals surface area contributed by atoms with Gasteiger partial charge in [-0.15, -0.1) is 0 Å². The highest BCUT2D eigenvalue weighted by Crippen LogP contribution is 2.33. The van der Waals surface area contributed by atoms with Gasteiger partial charge in [-0.2, -0.15) is 0 Å². The number of carbonyl (C=O) groups is 2. The van der Waals surface area contributed by atoms with Crippen LogP contribution < -0.4 is 4.90 Å². The molecule has 1 atom stereocenters. The summed E-state index contributed by atoms with van der Waals surface area (Å²) >= 11 is 0. The molecule has 6 heteroatoms. The van der Waals surface area contributed by atoms with Crippen molar-refractivity contribution in [1.82, 2.24) is 9.80 Å². The van der Waals surface area contributed by atoms with Crippen LogP contribution in [-0.4, -0.2) is 47.8 Å². The normalized spacial score (nSPS) is 18.6. The van der Waals surface area contributed by atoms with Crippen LogP contribution in [0.2, 0.25) is 0 Å². The van der Waals surface area contributed by atoms with Crippen LogP contribution in [0.1, 0.15) is 30.5 Å². The first-order chi connectivity index (χ1) is 14.0. The van der Waals surface area contributed by atoms with Gasteiger partial charge in [0.15, 0.2) is 0 Å². The number of amides is 2. The molecule has 0 N–H and O–H groups in total. The summed E-state index contributed by atoms with van der Waals surface area (Å²) in [5.41, 5.74) is 3.01. The van der Waals surface area contributed by atoms with Crippen molar-refractivity contribution in [1.29, 1.82) is 0 Å². The first-order valence-electron chi connectivity index (χ1n) is 9.87. The van der Waals surface area contributed by atoms with Gasteiger partial charge in [0.05, 0.1) is 12.5 Å². The molecule has 0 unspecified atom stereocenters. The zero-order valence-corrected chi connectivity index (χ0v) is 16.4. The van der Waals surface area contributed by atoms with Crippen LogP contribution in [0.5, 0.6) is 0 Å². The SMILES string of the molecule is CC(=O)N1C=Cc2ccccc2[C@H]1CC(=O)N1CCN(c2ccc(F)cc2)CC1. The molecule has 0 spiro atoms. The predicted octanol–water partition coefficient (Wildman–Crippen LogP) is 3.44. The Morgan fingerprint density at radius 1 is 1.00 bits per heavy atom. The number of hydrogen-bond donors (Lipinski definition) is 0. The van der Waals surface area contributed by atoms with E-state index >= 15 is 0 Å². The van der Waals surface area contributed by atoms with Gasteiger partial charge in [-0.05, 0) is 41.5 Å². The van der Waals surface area contributed by atoms with Crippen LogP contribution in [0, 0.1) is 5.82 Å². The summed E-state index contributed by atoms with van der Waals surface area (Å²) in [6.07, 6.45) is 3.95. The quantitative estimate of drug-likeness (QED) is 0.802. The van der Waals surface area contributed by atoms with E-state index in [1.165, 1.54) is 19.1 Å². The summed E-state index contributed by atoms with van der Waals surface area (Å²) in [6, 6.07) is 14.0. The van der Waals surface area contributed by atoms with Gasteiger partial charge in [0.25, 0.3) is 0 Å². The van der Waals surface area contributed by atoms with Gasteiger partial charge < -0.3 is 14.7 Å². The van der Waals surface area contributed by atoms with Gasteiger partial charge in [-0.3, -0.25) is 9.59 Å². The molecular formula is C23H24FN3O2. The Hall–Kier alpha value is -3.15. The van der Waals surface area contributed by atoms with E-state index in [-0.39, 0.29) is 30.1 Å². The van der Waals surface area contributed by atoms with E-state index < -0.39 is 0 Å². The molecule has 4 rings (SSSR count). The van der Waals surface area contributed by atoms with Gasteiger partial charge in [0.2, 0.25) is 11.8 Å². The third-order valence-electron chi connectivity index (χ3n) is 5.66. The van der Waals surface area contributed by atoms with Gasteiger partial charge in [0.1, 0.15) is 5.82 Å². The van der Waals surface area contributed by atoms with E-state index in [0.29, 0.717) is 26.2 Å². The third-order valence-corrected chi connectivity index (χ3v) is 5.66. The fourth-order valence-corrected chi connectivity index (χ4v) is 4.07. The van der Waals surface area contributed by atoms with Gasteiger partial charge in [-0.1, -0.05) is 24.3 Å². The van der Waals surface area contributed by atoms with Crippen LogP contribution in [0.4, 0.5) is 10.1 Å². The number of nitrogens with zero attached hydrogens (tertiary/aromatic N) is 3. The standard InChI is InChI=1S/C23H24FN3O2/c1-17(28)27-11-10-18-4-2-3-5-21(18)22(27)16-23(29)26-14-12-25(13-15-26)20-8-6-19(24)7-9-20/h2-11,22H,12-16H2,1H3/t22-/m1/s1. The van der Waals surface area contributed by atoms with E-state index in [0.717, 1.165) is 16.8 Å². The molecule has 0 aliphatic carbocycles. The van der Waals surface area contributed by atoms with Gasteiger partial charge in [0, 0.05) is 45.0 Å². The summed E-state index contributed by atoms with van der Waals surface area (Å²) in [5.74, 6) is -0.279. The molecule has 150 valence electrons. The lowest BCUT2D eigenvalue weighted by atomic mass is 9.93. The lowest BCUT2D eigenvalue weighted by Crippen LogP contribution is -2.49. The molecule has 0 radical (unpaired) electrons. The number of carbonyl (C=O) groups excluding carboxylic acids is 2. The van der Waals surface area contributed by atoms with Crippen molar-refractivity contribution in [2.75, 3.05) is 31.1 Å². The predicted molar refractivity (Wildman–Crippen MR) is 111 cm³/mol. The minimum atomic E-state index is -0.281. The number of benzene rings is 2. The maximum absolute atomic E-state index is 13.1. The summed E-state index contributed by atoms with van der Waals surface area (Å²) in [7, 11) is 0. The lowest BCUT2D eigenvalue weighted by molar-refractivity contribution is -0.134. The molecular weight excluding hydrogens is 369 g/mol. The monoisotopic (exact) mass is 393 g/mol. The number of piperazine rings is 1. The summed E-state index contributed by atoms with van der Waals surface area (Å²) in [4.78, 5) is 30.8. The van der Waals surface area contributed by atoms with Crippen molar-refractivity contribution < 1.29 is 14.0 Å². The number of rotatable bonds is 3. The van der Waals surface area contributed by atoms with Crippen molar-refractivity contribution in [3.8, 4) is 0 Å². The highest BCUT2D eigenvalue weighted by Gasteiger charge is 2.31. The molecule has 0 saturated carbocycles. The Kier molecular flexibility index (Phi) is 5.34. The zero-order chi connectivity index (χ0) is 20.4. The van der Waals surface area contributed by atoms with Crippen molar-refractivity contribution in [3.63, 3.8) is 0 Å². The third kappa shape index (κ3) is 4.01. The van der Waals surface area contributed by atoms with E-state index in [2.05, 4.69) is 4.90 Å². The summed E-state index contributed by atoms with van der Waals surface area (Å²) < 4.78 is 13.1. The average Bonchev–Trinajstić information content (AvgIpc) is 2.74. The summed E-state index contributed by atoms with van der Waals surface area (Å²) in [6.45, 7) is 4.15. The second-order valence-corrected chi connectivity index (χ2v) is 7.44. The largest absolute Gasteiger partial charge is 0.368 e. The molecule has 2 aliphatic rings. The summed E-state index contributed by atoms with van der Waals surface area (Å²) in [5, 5.41) is 0. The zero-order valence-electron chi connectivity index (χ0n) is 16.4.